The Kier molecular flexibility index (Phi) is 5.89. The molecule has 3 rings (SSSR count). The van der Waals surface area contributed by atoms with E-state index in [-0.39, 0.29) is 6.09 Å². The molecule has 4 nitrogen and oxygen atoms in total. The van der Waals surface area contributed by atoms with E-state index in [4.69, 9.17) is 11.2 Å². The maximum Gasteiger partial charge on any atom is 0.415 e. The first-order valence-electron chi connectivity index (χ1n) is 8.64. The summed E-state index contributed by atoms with van der Waals surface area (Å²) in [4.78, 5) is 17.0. The van der Waals surface area contributed by atoms with E-state index in [0.717, 1.165) is 32.1 Å². The lowest BCUT2D eigenvalue weighted by atomic mass is 10.2. The topological polar surface area (TPSA) is 42.4 Å². The van der Waals surface area contributed by atoms with Crippen LogP contribution in [0.4, 0.5) is 9.80 Å². The van der Waals surface area contributed by atoms with Gasteiger partial charge in [-0.2, -0.15) is 4.37 Å². The molecule has 0 saturated heterocycles. The van der Waals surface area contributed by atoms with Gasteiger partial charge in [-0.25, -0.2) is 4.79 Å². The van der Waals surface area contributed by atoms with Gasteiger partial charge in [0, 0.05) is 16.2 Å². The second kappa shape index (κ2) is 8.01. The number of nitrogens with zero attached hydrogens (tertiary/aromatic N) is 2. The van der Waals surface area contributed by atoms with Crippen molar-refractivity contribution in [2.75, 3.05) is 4.90 Å². The van der Waals surface area contributed by atoms with E-state index in [9.17, 15) is 4.79 Å². The Hall–Kier alpha value is -1.88. The third-order valence-corrected chi connectivity index (χ3v) is 7.09. The fourth-order valence-corrected chi connectivity index (χ4v) is 5.63. The number of anilines is 1. The van der Waals surface area contributed by atoms with E-state index >= 15 is 0 Å². The molecule has 0 bridgehead atoms. The van der Waals surface area contributed by atoms with Crippen LogP contribution < -0.4 is 4.90 Å². The van der Waals surface area contributed by atoms with Crippen molar-refractivity contribution in [3.8, 4) is 12.3 Å². The Morgan fingerprint density at radius 3 is 2.81 bits per heavy atom. The monoisotopic (exact) mass is 418 g/mol. The van der Waals surface area contributed by atoms with Gasteiger partial charge in [-0.05, 0) is 62.7 Å². The van der Waals surface area contributed by atoms with E-state index in [0.29, 0.717) is 13.0 Å². The van der Waals surface area contributed by atoms with Crippen molar-refractivity contribution in [2.24, 2.45) is 0 Å². The number of amides is 1. The number of carbonyl (C=O) groups excluding carboxylic acids is 1. The summed E-state index contributed by atoms with van der Waals surface area (Å²) in [6.07, 6.45) is 6.61. The van der Waals surface area contributed by atoms with Crippen molar-refractivity contribution >= 4 is 55.5 Å². The van der Waals surface area contributed by atoms with Crippen LogP contribution in [0.1, 0.15) is 42.5 Å². The molecular formula is C20H22N2O2S3. The average Bonchev–Trinajstić information content (AvgIpc) is 3.28. The highest BCUT2D eigenvalue weighted by Gasteiger charge is 2.28. The zero-order valence-corrected chi connectivity index (χ0v) is 18.3. The van der Waals surface area contributed by atoms with E-state index in [1.807, 2.05) is 38.3 Å². The molecule has 0 N–H and O–H groups in total. The molecule has 0 saturated carbocycles. The minimum Gasteiger partial charge on any atom is -0.443 e. The van der Waals surface area contributed by atoms with Gasteiger partial charge in [0.2, 0.25) is 0 Å². The minimum absolute atomic E-state index is 0.349. The van der Waals surface area contributed by atoms with Crippen LogP contribution in [0.3, 0.4) is 0 Å². The molecule has 3 aromatic rings. The van der Waals surface area contributed by atoms with Crippen LogP contribution in [-0.4, -0.2) is 16.1 Å². The van der Waals surface area contributed by atoms with Crippen LogP contribution in [0, 0.1) is 19.3 Å². The van der Waals surface area contributed by atoms with Gasteiger partial charge < -0.3 is 4.74 Å². The fourth-order valence-electron chi connectivity index (χ4n) is 2.63. The van der Waals surface area contributed by atoms with Crippen molar-refractivity contribution in [1.82, 2.24) is 4.37 Å². The number of carbonyl (C=O) groups is 1. The van der Waals surface area contributed by atoms with Gasteiger partial charge in [-0.15, -0.1) is 35.0 Å². The summed E-state index contributed by atoms with van der Waals surface area (Å²) in [6, 6.07) is 4.01. The first-order chi connectivity index (χ1) is 12.8. The Balaban J connectivity index is 2.00. The number of aromatic nitrogens is 1. The van der Waals surface area contributed by atoms with Crippen molar-refractivity contribution in [3.05, 3.63) is 32.8 Å². The highest BCUT2D eigenvalue weighted by Crippen LogP contribution is 2.41. The molecule has 0 unspecified atom stereocenters. The molecule has 0 radical (unpaired) electrons. The fraction of sp³-hybridized carbons (Fsp3) is 0.400. The third kappa shape index (κ3) is 4.52. The second-order valence-corrected chi connectivity index (χ2v) is 10.1. The summed E-state index contributed by atoms with van der Waals surface area (Å²) < 4.78 is 11.3. The molecule has 0 fully saturated rings. The standard InChI is InChI=1S/C20H22N2O2S3/c1-6-7-10-15-13(2)16-17(26-15)18(27-21-16)22(12-14-9-8-11-25-14)19(23)24-20(3,4)5/h1,8-9,11H,7,10,12H2,2-5H3. The SMILES string of the molecule is C#CCCc1sc2c(N(Cc3cccs3)C(=O)OC(C)(C)C)snc2c1C. The lowest BCUT2D eigenvalue weighted by molar-refractivity contribution is 0.0579. The van der Waals surface area contributed by atoms with E-state index in [1.54, 1.807) is 27.6 Å². The van der Waals surface area contributed by atoms with Crippen molar-refractivity contribution in [2.45, 2.75) is 52.7 Å². The first-order valence-corrected chi connectivity index (χ1v) is 11.1. The molecular weight excluding hydrogens is 396 g/mol. The zero-order chi connectivity index (χ0) is 19.6. The molecule has 0 aliphatic rings. The smallest absolute Gasteiger partial charge is 0.415 e. The lowest BCUT2D eigenvalue weighted by Gasteiger charge is -2.26. The van der Waals surface area contributed by atoms with Crippen LogP contribution in [-0.2, 0) is 17.7 Å². The highest BCUT2D eigenvalue weighted by atomic mass is 32.1. The maximum absolute atomic E-state index is 13.0. The predicted molar refractivity (Wildman–Crippen MR) is 116 cm³/mol. The normalized spacial score (nSPS) is 11.5. The molecule has 0 spiro atoms. The second-order valence-electron chi connectivity index (χ2n) is 7.17. The number of hydrogen-bond acceptors (Lipinski definition) is 6. The van der Waals surface area contributed by atoms with Crippen LogP contribution in [0.5, 0.6) is 0 Å². The molecule has 27 heavy (non-hydrogen) atoms. The number of hydrogen-bond donors (Lipinski definition) is 0. The molecule has 3 aromatic heterocycles. The summed E-state index contributed by atoms with van der Waals surface area (Å²) in [7, 11) is 0. The van der Waals surface area contributed by atoms with Crippen LogP contribution in [0.25, 0.3) is 10.2 Å². The summed E-state index contributed by atoms with van der Waals surface area (Å²) in [5.41, 5.74) is 1.57. The van der Waals surface area contributed by atoms with Crippen molar-refractivity contribution in [1.29, 1.82) is 0 Å². The molecule has 142 valence electrons. The Morgan fingerprint density at radius 2 is 2.19 bits per heavy atom. The van der Waals surface area contributed by atoms with E-state index in [2.05, 4.69) is 17.2 Å². The van der Waals surface area contributed by atoms with Gasteiger partial charge in [0.1, 0.15) is 16.1 Å². The predicted octanol–water partition coefficient (Wildman–Crippen LogP) is 6.24. The number of thiophene rings is 2. The Labute approximate surface area is 172 Å². The number of terminal acetylenes is 1. The summed E-state index contributed by atoms with van der Waals surface area (Å²) in [6.45, 7) is 8.18. The van der Waals surface area contributed by atoms with E-state index in [1.165, 1.54) is 16.4 Å². The molecule has 0 aliphatic heterocycles. The number of fused-ring (bicyclic) bond motifs is 1. The molecule has 0 aliphatic carbocycles. The van der Waals surface area contributed by atoms with Gasteiger partial charge in [0.15, 0.2) is 0 Å². The van der Waals surface area contributed by atoms with Crippen LogP contribution >= 0.6 is 34.2 Å². The quantitative estimate of drug-likeness (QED) is 0.461. The maximum atomic E-state index is 13.0. The number of rotatable bonds is 5. The summed E-state index contributed by atoms with van der Waals surface area (Å²) in [5.74, 6) is 2.70. The largest absolute Gasteiger partial charge is 0.443 e. The Morgan fingerprint density at radius 1 is 1.41 bits per heavy atom. The van der Waals surface area contributed by atoms with Gasteiger partial charge >= 0.3 is 6.09 Å². The number of aryl methyl sites for hydroxylation is 2. The molecule has 3 heterocycles. The average molecular weight is 419 g/mol. The van der Waals surface area contributed by atoms with Crippen LogP contribution in [0.15, 0.2) is 17.5 Å². The lowest BCUT2D eigenvalue weighted by Crippen LogP contribution is -2.36. The third-order valence-electron chi connectivity index (χ3n) is 3.88. The number of ether oxygens (including phenoxy) is 1. The van der Waals surface area contributed by atoms with E-state index < -0.39 is 5.60 Å². The molecule has 7 heteroatoms. The molecule has 0 aromatic carbocycles. The Bertz CT molecular complexity index is 972. The first kappa shape index (κ1) is 19.9. The highest BCUT2D eigenvalue weighted by molar-refractivity contribution is 7.25. The minimum atomic E-state index is -0.558. The van der Waals surface area contributed by atoms with Gasteiger partial charge in [0.25, 0.3) is 0 Å². The van der Waals surface area contributed by atoms with Crippen LogP contribution in [0.2, 0.25) is 0 Å². The summed E-state index contributed by atoms with van der Waals surface area (Å²) >= 11 is 4.65. The van der Waals surface area contributed by atoms with Gasteiger partial charge in [0.05, 0.1) is 11.2 Å². The van der Waals surface area contributed by atoms with Crippen molar-refractivity contribution in [3.63, 3.8) is 0 Å². The molecule has 0 atom stereocenters. The zero-order valence-electron chi connectivity index (χ0n) is 15.9. The summed E-state index contributed by atoms with van der Waals surface area (Å²) in [5, 5.41) is 2.85. The van der Waals surface area contributed by atoms with Crippen molar-refractivity contribution < 1.29 is 9.53 Å². The van der Waals surface area contributed by atoms with Gasteiger partial charge in [-0.3, -0.25) is 4.90 Å². The van der Waals surface area contributed by atoms with Gasteiger partial charge in [-0.1, -0.05) is 6.07 Å². The molecule has 1 amide bonds.